The first-order chi connectivity index (χ1) is 12.0. The van der Waals surface area contributed by atoms with E-state index in [2.05, 4.69) is 19.2 Å². The van der Waals surface area contributed by atoms with E-state index in [1.807, 2.05) is 0 Å². The Morgan fingerprint density at radius 2 is 2.00 bits per heavy atom. The summed E-state index contributed by atoms with van der Waals surface area (Å²) in [6.45, 7) is 7.51. The molecule has 1 aromatic carbocycles. The molecule has 1 rings (SSSR count). The number of aliphatic hydroxyl groups is 1. The molecule has 0 radical (unpaired) electrons. The van der Waals surface area contributed by atoms with Crippen molar-refractivity contribution in [1.29, 1.82) is 0 Å². The average Bonchev–Trinajstić information content (AvgIpc) is 2.62. The zero-order chi connectivity index (χ0) is 18.7. The largest absolute Gasteiger partial charge is 0.493 e. The van der Waals surface area contributed by atoms with E-state index < -0.39 is 6.10 Å². The number of ketones is 1. The molecule has 0 aliphatic carbocycles. The number of nitrogens with one attached hydrogen (secondary N) is 1. The summed E-state index contributed by atoms with van der Waals surface area (Å²) in [6, 6.07) is 5.06. The van der Waals surface area contributed by atoms with Gasteiger partial charge < -0.3 is 19.9 Å². The highest BCUT2D eigenvalue weighted by molar-refractivity contribution is 5.94. The molecule has 0 aromatic heterocycles. The molecule has 5 heteroatoms. The number of Topliss-reactive ketones (excluding diaryl/α,β-unsaturated/α-hetero) is 1. The maximum Gasteiger partial charge on any atom is 0.161 e. The summed E-state index contributed by atoms with van der Waals surface area (Å²) in [5.41, 5.74) is 0.573. The summed E-state index contributed by atoms with van der Waals surface area (Å²) in [4.78, 5) is 11.4. The molecule has 0 fully saturated rings. The molecule has 142 valence electrons. The standard InChI is InChI=1S/C20H33NO4/c1-5-7-8-16(6-2)12-21-13-18(23)14-25-19-10-9-17(15(3)22)11-20(19)24-4/h9-11,16,18,21,23H,5-8,12-14H2,1-4H3. The van der Waals surface area contributed by atoms with Gasteiger partial charge in [0.2, 0.25) is 0 Å². The Bertz CT molecular complexity index is 518. The van der Waals surface area contributed by atoms with E-state index in [-0.39, 0.29) is 12.4 Å². The van der Waals surface area contributed by atoms with Gasteiger partial charge in [-0.15, -0.1) is 0 Å². The number of aliphatic hydroxyl groups excluding tert-OH is 1. The number of carbonyl (C=O) groups is 1. The molecule has 25 heavy (non-hydrogen) atoms. The lowest BCUT2D eigenvalue weighted by atomic mass is 9.99. The number of methoxy groups -OCH3 is 1. The predicted octanol–water partition coefficient (Wildman–Crippen LogP) is 3.44. The third-order valence-corrected chi connectivity index (χ3v) is 4.36. The summed E-state index contributed by atoms with van der Waals surface area (Å²) in [6.07, 6.45) is 4.26. The Morgan fingerprint density at radius 1 is 1.24 bits per heavy atom. The number of benzene rings is 1. The zero-order valence-electron chi connectivity index (χ0n) is 16.0. The smallest absolute Gasteiger partial charge is 0.161 e. The molecule has 2 N–H and O–H groups in total. The molecule has 0 bridgehead atoms. The number of hydrogen-bond donors (Lipinski definition) is 2. The number of unbranched alkanes of at least 4 members (excludes halogenated alkanes) is 1. The van der Waals surface area contributed by atoms with Crippen LogP contribution in [0.4, 0.5) is 0 Å². The van der Waals surface area contributed by atoms with E-state index in [0.29, 0.717) is 29.5 Å². The van der Waals surface area contributed by atoms with Crippen LogP contribution in [0, 0.1) is 5.92 Å². The zero-order valence-corrected chi connectivity index (χ0v) is 16.0. The van der Waals surface area contributed by atoms with Gasteiger partial charge in [0.15, 0.2) is 17.3 Å². The Morgan fingerprint density at radius 3 is 2.60 bits per heavy atom. The van der Waals surface area contributed by atoms with Gasteiger partial charge in [0, 0.05) is 12.1 Å². The van der Waals surface area contributed by atoms with Crippen molar-refractivity contribution >= 4 is 5.78 Å². The molecule has 2 atom stereocenters. The average molecular weight is 351 g/mol. The molecule has 0 heterocycles. The topological polar surface area (TPSA) is 67.8 Å². The Kier molecular flexibility index (Phi) is 10.2. The van der Waals surface area contributed by atoms with Crippen molar-refractivity contribution in [2.75, 3.05) is 26.8 Å². The van der Waals surface area contributed by atoms with Crippen LogP contribution in [0.25, 0.3) is 0 Å². The molecule has 1 aromatic rings. The molecule has 0 spiro atoms. The Balaban J connectivity index is 2.40. The highest BCUT2D eigenvalue weighted by atomic mass is 16.5. The van der Waals surface area contributed by atoms with Crippen LogP contribution >= 0.6 is 0 Å². The van der Waals surface area contributed by atoms with E-state index in [4.69, 9.17) is 9.47 Å². The van der Waals surface area contributed by atoms with Gasteiger partial charge in [-0.05, 0) is 44.0 Å². The second-order valence-corrected chi connectivity index (χ2v) is 6.46. The van der Waals surface area contributed by atoms with Crippen molar-refractivity contribution in [3.8, 4) is 11.5 Å². The molecular weight excluding hydrogens is 318 g/mol. The maximum absolute atomic E-state index is 11.4. The summed E-state index contributed by atoms with van der Waals surface area (Å²) >= 11 is 0. The van der Waals surface area contributed by atoms with Gasteiger partial charge in [0.05, 0.1) is 7.11 Å². The van der Waals surface area contributed by atoms with E-state index in [1.54, 1.807) is 18.2 Å². The molecule has 2 unspecified atom stereocenters. The van der Waals surface area contributed by atoms with Crippen LogP contribution in [0.5, 0.6) is 11.5 Å². The first-order valence-corrected chi connectivity index (χ1v) is 9.22. The van der Waals surface area contributed by atoms with Crippen molar-refractivity contribution in [2.45, 2.75) is 52.6 Å². The SMILES string of the molecule is CCCCC(CC)CNCC(O)COc1ccc(C(C)=O)cc1OC. The van der Waals surface area contributed by atoms with Crippen LogP contribution in [-0.2, 0) is 0 Å². The van der Waals surface area contributed by atoms with Crippen molar-refractivity contribution in [1.82, 2.24) is 5.32 Å². The normalized spacial score (nSPS) is 13.3. The minimum Gasteiger partial charge on any atom is -0.493 e. The maximum atomic E-state index is 11.4. The van der Waals surface area contributed by atoms with Gasteiger partial charge in [0.1, 0.15) is 12.7 Å². The molecule has 0 saturated carbocycles. The molecule has 0 saturated heterocycles. The minimum atomic E-state index is -0.596. The number of hydrogen-bond acceptors (Lipinski definition) is 5. The molecule has 0 aliphatic rings. The monoisotopic (exact) mass is 351 g/mol. The Hall–Kier alpha value is -1.59. The lowest BCUT2D eigenvalue weighted by Crippen LogP contribution is -2.34. The van der Waals surface area contributed by atoms with Crippen molar-refractivity contribution < 1.29 is 19.4 Å². The van der Waals surface area contributed by atoms with E-state index in [9.17, 15) is 9.90 Å². The predicted molar refractivity (Wildman–Crippen MR) is 101 cm³/mol. The number of ether oxygens (including phenoxy) is 2. The van der Waals surface area contributed by atoms with Crippen molar-refractivity contribution in [3.63, 3.8) is 0 Å². The van der Waals surface area contributed by atoms with E-state index >= 15 is 0 Å². The first kappa shape index (κ1) is 21.5. The number of carbonyl (C=O) groups excluding carboxylic acids is 1. The minimum absolute atomic E-state index is 0.0253. The van der Waals surface area contributed by atoms with Crippen LogP contribution in [0.1, 0.15) is 56.8 Å². The second-order valence-electron chi connectivity index (χ2n) is 6.46. The van der Waals surface area contributed by atoms with Crippen molar-refractivity contribution in [2.24, 2.45) is 5.92 Å². The summed E-state index contributed by atoms with van der Waals surface area (Å²) < 4.78 is 10.9. The van der Waals surface area contributed by atoms with Gasteiger partial charge >= 0.3 is 0 Å². The van der Waals surface area contributed by atoms with Crippen LogP contribution in [-0.4, -0.2) is 43.8 Å². The third kappa shape index (κ3) is 7.88. The quantitative estimate of drug-likeness (QED) is 0.533. The van der Waals surface area contributed by atoms with Crippen LogP contribution in [0.3, 0.4) is 0 Å². The van der Waals surface area contributed by atoms with Gasteiger partial charge in [-0.1, -0.05) is 33.1 Å². The lowest BCUT2D eigenvalue weighted by Gasteiger charge is -2.18. The van der Waals surface area contributed by atoms with Crippen LogP contribution in [0.15, 0.2) is 18.2 Å². The molecule has 0 aliphatic heterocycles. The molecular formula is C20H33NO4. The van der Waals surface area contributed by atoms with E-state index in [1.165, 1.54) is 33.3 Å². The fraction of sp³-hybridized carbons (Fsp3) is 0.650. The second kappa shape index (κ2) is 11.9. The highest BCUT2D eigenvalue weighted by Crippen LogP contribution is 2.28. The van der Waals surface area contributed by atoms with Crippen LogP contribution < -0.4 is 14.8 Å². The fourth-order valence-corrected chi connectivity index (χ4v) is 2.65. The first-order valence-electron chi connectivity index (χ1n) is 9.22. The molecule has 5 nitrogen and oxygen atoms in total. The highest BCUT2D eigenvalue weighted by Gasteiger charge is 2.12. The summed E-state index contributed by atoms with van der Waals surface area (Å²) in [5.74, 6) is 1.66. The number of rotatable bonds is 13. The van der Waals surface area contributed by atoms with Gasteiger partial charge in [0.25, 0.3) is 0 Å². The third-order valence-electron chi connectivity index (χ3n) is 4.36. The fourth-order valence-electron chi connectivity index (χ4n) is 2.65. The van der Waals surface area contributed by atoms with Crippen LogP contribution in [0.2, 0.25) is 0 Å². The van der Waals surface area contributed by atoms with Crippen molar-refractivity contribution in [3.05, 3.63) is 23.8 Å². The Labute approximate surface area is 151 Å². The summed E-state index contributed by atoms with van der Waals surface area (Å²) in [5, 5.41) is 13.4. The lowest BCUT2D eigenvalue weighted by molar-refractivity contribution is 0.101. The van der Waals surface area contributed by atoms with Gasteiger partial charge in [-0.25, -0.2) is 0 Å². The van der Waals surface area contributed by atoms with E-state index in [0.717, 1.165) is 13.0 Å². The summed E-state index contributed by atoms with van der Waals surface area (Å²) in [7, 11) is 1.53. The molecule has 0 amide bonds. The van der Waals surface area contributed by atoms with Gasteiger partial charge in [-0.3, -0.25) is 4.79 Å². The van der Waals surface area contributed by atoms with Gasteiger partial charge in [-0.2, -0.15) is 0 Å².